The zero-order chi connectivity index (χ0) is 20.3. The van der Waals surface area contributed by atoms with Gasteiger partial charge in [-0.3, -0.25) is 4.79 Å². The van der Waals surface area contributed by atoms with Gasteiger partial charge in [-0.2, -0.15) is 0 Å². The molecule has 2 aromatic rings. The predicted octanol–water partition coefficient (Wildman–Crippen LogP) is 4.25. The van der Waals surface area contributed by atoms with Gasteiger partial charge in [-0.15, -0.1) is 0 Å². The van der Waals surface area contributed by atoms with Crippen LogP contribution in [0.15, 0.2) is 36.4 Å². The van der Waals surface area contributed by atoms with Crippen LogP contribution in [0.25, 0.3) is 0 Å². The minimum absolute atomic E-state index is 0.0735. The first-order chi connectivity index (χ1) is 13.2. The van der Waals surface area contributed by atoms with Crippen molar-refractivity contribution < 1.29 is 28.2 Å². The Bertz CT molecular complexity index is 898. The number of carbonyl (C=O) groups is 2. The predicted molar refractivity (Wildman–Crippen MR) is 101 cm³/mol. The highest BCUT2D eigenvalue weighted by molar-refractivity contribution is 5.91. The Morgan fingerprint density at radius 3 is 2.64 bits per heavy atom. The lowest BCUT2D eigenvalue weighted by Gasteiger charge is -2.19. The van der Waals surface area contributed by atoms with E-state index in [1.165, 1.54) is 12.1 Å². The molecule has 28 heavy (non-hydrogen) atoms. The number of fused-ring (bicyclic) bond motifs is 1. The van der Waals surface area contributed by atoms with E-state index in [0.717, 1.165) is 30.2 Å². The quantitative estimate of drug-likeness (QED) is 0.581. The maximum Gasteiger partial charge on any atom is 0.343 e. The molecule has 0 amide bonds. The Morgan fingerprint density at radius 1 is 1.14 bits per heavy atom. The van der Waals surface area contributed by atoms with Crippen LogP contribution in [0.2, 0.25) is 0 Å². The smallest absolute Gasteiger partial charge is 0.343 e. The van der Waals surface area contributed by atoms with Crippen molar-refractivity contribution in [1.82, 2.24) is 0 Å². The second-order valence-electron chi connectivity index (χ2n) is 7.68. The van der Waals surface area contributed by atoms with Crippen LogP contribution < -0.4 is 9.47 Å². The van der Waals surface area contributed by atoms with Crippen molar-refractivity contribution in [2.24, 2.45) is 0 Å². The average molecular weight is 386 g/mol. The number of aryl methyl sites for hydroxylation is 1. The lowest BCUT2D eigenvalue weighted by atomic mass is 10.0. The molecule has 148 valence electrons. The summed E-state index contributed by atoms with van der Waals surface area (Å²) in [7, 11) is 0. The molecule has 0 spiro atoms. The second-order valence-corrected chi connectivity index (χ2v) is 7.68. The molecule has 0 bridgehead atoms. The normalized spacial score (nSPS) is 13.3. The molecule has 1 heterocycles. The van der Waals surface area contributed by atoms with Crippen molar-refractivity contribution in [2.45, 2.75) is 45.6 Å². The van der Waals surface area contributed by atoms with Gasteiger partial charge in [-0.05, 0) is 69.0 Å². The van der Waals surface area contributed by atoms with Crippen LogP contribution in [-0.2, 0) is 22.4 Å². The van der Waals surface area contributed by atoms with Gasteiger partial charge in [-0.1, -0.05) is 6.07 Å². The van der Waals surface area contributed by atoms with E-state index in [0.29, 0.717) is 12.2 Å². The van der Waals surface area contributed by atoms with Gasteiger partial charge in [0.05, 0.1) is 18.6 Å². The number of hydrogen-bond acceptors (Lipinski definition) is 5. The summed E-state index contributed by atoms with van der Waals surface area (Å²) in [6.45, 7) is 5.91. The Balaban J connectivity index is 1.67. The Labute approximate surface area is 163 Å². The zero-order valence-electron chi connectivity index (χ0n) is 16.2. The largest absolute Gasteiger partial charge is 0.493 e. The summed E-state index contributed by atoms with van der Waals surface area (Å²) in [5.74, 6) is -0.875. The molecular formula is C22H23FO5. The van der Waals surface area contributed by atoms with Gasteiger partial charge in [0.25, 0.3) is 0 Å². The molecule has 5 nitrogen and oxygen atoms in total. The van der Waals surface area contributed by atoms with E-state index in [1.54, 1.807) is 39.0 Å². The van der Waals surface area contributed by atoms with E-state index >= 15 is 0 Å². The molecule has 0 radical (unpaired) electrons. The van der Waals surface area contributed by atoms with Gasteiger partial charge in [0, 0.05) is 6.07 Å². The van der Waals surface area contributed by atoms with Crippen molar-refractivity contribution in [1.29, 1.82) is 0 Å². The van der Waals surface area contributed by atoms with Crippen LogP contribution in [0.3, 0.4) is 0 Å². The van der Waals surface area contributed by atoms with Gasteiger partial charge in [0.1, 0.15) is 22.9 Å². The summed E-state index contributed by atoms with van der Waals surface area (Å²) in [4.78, 5) is 24.2. The van der Waals surface area contributed by atoms with Crippen LogP contribution in [0.5, 0.6) is 11.5 Å². The van der Waals surface area contributed by atoms with Crippen molar-refractivity contribution in [3.05, 3.63) is 58.9 Å². The van der Waals surface area contributed by atoms with Crippen LogP contribution >= 0.6 is 0 Å². The molecule has 0 unspecified atom stereocenters. The molecule has 0 aromatic heterocycles. The molecule has 0 aliphatic carbocycles. The van der Waals surface area contributed by atoms with Crippen molar-refractivity contribution in [2.75, 3.05) is 6.61 Å². The van der Waals surface area contributed by atoms with Gasteiger partial charge < -0.3 is 14.2 Å². The first kappa shape index (κ1) is 19.9. The van der Waals surface area contributed by atoms with Crippen molar-refractivity contribution >= 4 is 11.9 Å². The Hall–Kier alpha value is -2.89. The molecular weight excluding hydrogens is 363 g/mol. The highest BCUT2D eigenvalue weighted by atomic mass is 19.1. The summed E-state index contributed by atoms with van der Waals surface area (Å²) in [6, 6.07) is 9.09. The van der Waals surface area contributed by atoms with E-state index in [1.807, 2.05) is 0 Å². The van der Waals surface area contributed by atoms with E-state index in [-0.39, 0.29) is 17.7 Å². The molecule has 3 rings (SSSR count). The molecule has 0 atom stereocenters. The van der Waals surface area contributed by atoms with E-state index in [9.17, 15) is 14.0 Å². The van der Waals surface area contributed by atoms with Gasteiger partial charge >= 0.3 is 11.9 Å². The molecule has 2 aromatic carbocycles. The molecule has 1 aliphatic heterocycles. The molecule has 1 aliphatic rings. The summed E-state index contributed by atoms with van der Waals surface area (Å²) < 4.78 is 30.3. The fourth-order valence-corrected chi connectivity index (χ4v) is 2.92. The molecule has 0 fully saturated rings. The third-order valence-electron chi connectivity index (χ3n) is 4.13. The van der Waals surface area contributed by atoms with E-state index in [2.05, 4.69) is 0 Å². The number of rotatable bonds is 4. The molecule has 0 saturated heterocycles. The maximum absolute atomic E-state index is 14.3. The molecule has 0 saturated carbocycles. The number of esters is 2. The van der Waals surface area contributed by atoms with Crippen LogP contribution in [0.1, 0.15) is 48.7 Å². The van der Waals surface area contributed by atoms with Gasteiger partial charge in [-0.25, -0.2) is 9.18 Å². The fraction of sp³-hybridized carbons (Fsp3) is 0.364. The number of ether oxygens (including phenoxy) is 3. The third kappa shape index (κ3) is 5.09. The fourth-order valence-electron chi connectivity index (χ4n) is 2.92. The average Bonchev–Trinajstić information content (AvgIpc) is 2.62. The number of carbonyl (C=O) groups excluding carboxylic acids is 2. The zero-order valence-corrected chi connectivity index (χ0v) is 16.2. The number of benzene rings is 2. The number of hydrogen-bond donors (Lipinski definition) is 0. The van der Waals surface area contributed by atoms with Crippen LogP contribution in [-0.4, -0.2) is 24.1 Å². The Morgan fingerprint density at radius 2 is 1.93 bits per heavy atom. The van der Waals surface area contributed by atoms with Crippen molar-refractivity contribution in [3.63, 3.8) is 0 Å². The summed E-state index contributed by atoms with van der Waals surface area (Å²) >= 11 is 0. The second kappa shape index (κ2) is 8.00. The van der Waals surface area contributed by atoms with Gasteiger partial charge in [0.15, 0.2) is 0 Å². The summed E-state index contributed by atoms with van der Waals surface area (Å²) in [6.07, 6.45) is 1.54. The van der Waals surface area contributed by atoms with Crippen molar-refractivity contribution in [3.8, 4) is 11.5 Å². The minimum Gasteiger partial charge on any atom is -0.493 e. The maximum atomic E-state index is 14.3. The molecule has 0 N–H and O–H groups in total. The topological polar surface area (TPSA) is 61.8 Å². The molecule has 6 heteroatoms. The monoisotopic (exact) mass is 386 g/mol. The standard InChI is InChI=1S/C22H23FO5/c1-22(2,3)28-20(24)12-14-6-8-17(13-18(14)23)27-21(25)16-7-9-19-15(11-16)5-4-10-26-19/h6-9,11,13H,4-5,10,12H2,1-3H3. The van der Waals surface area contributed by atoms with Crippen LogP contribution in [0.4, 0.5) is 4.39 Å². The highest BCUT2D eigenvalue weighted by Crippen LogP contribution is 2.26. The van der Waals surface area contributed by atoms with Crippen LogP contribution in [0, 0.1) is 5.82 Å². The van der Waals surface area contributed by atoms with E-state index < -0.39 is 23.4 Å². The lowest BCUT2D eigenvalue weighted by molar-refractivity contribution is -0.154. The third-order valence-corrected chi connectivity index (χ3v) is 4.13. The Kier molecular flexibility index (Phi) is 5.68. The number of halogens is 1. The van der Waals surface area contributed by atoms with Gasteiger partial charge in [0.2, 0.25) is 0 Å². The highest BCUT2D eigenvalue weighted by Gasteiger charge is 2.19. The first-order valence-electron chi connectivity index (χ1n) is 9.19. The first-order valence-corrected chi connectivity index (χ1v) is 9.19. The lowest BCUT2D eigenvalue weighted by Crippen LogP contribution is -2.25. The minimum atomic E-state index is -0.636. The van der Waals surface area contributed by atoms with E-state index in [4.69, 9.17) is 14.2 Å². The SMILES string of the molecule is CC(C)(C)OC(=O)Cc1ccc(OC(=O)c2ccc3c(c2)CCCO3)cc1F. The summed E-state index contributed by atoms with van der Waals surface area (Å²) in [5.41, 5.74) is 0.880. The summed E-state index contributed by atoms with van der Waals surface area (Å²) in [5, 5.41) is 0.